The van der Waals surface area contributed by atoms with E-state index in [1.165, 1.54) is 0 Å². The Kier molecular flexibility index (Phi) is 7.36. The van der Waals surface area contributed by atoms with Gasteiger partial charge in [0.1, 0.15) is 11.5 Å². The minimum absolute atomic E-state index is 0.0818. The van der Waals surface area contributed by atoms with Crippen molar-refractivity contribution in [2.75, 3.05) is 47.0 Å². The Balaban J connectivity index is 1.66. The van der Waals surface area contributed by atoms with Crippen molar-refractivity contribution in [2.45, 2.75) is 38.6 Å². The molecule has 3 rings (SSSR count). The highest BCUT2D eigenvalue weighted by atomic mass is 16.5. The summed E-state index contributed by atoms with van der Waals surface area (Å²) in [5, 5.41) is 0. The van der Waals surface area contributed by atoms with Gasteiger partial charge in [-0.1, -0.05) is 6.07 Å². The molecule has 1 aromatic carbocycles. The van der Waals surface area contributed by atoms with Crippen LogP contribution in [-0.4, -0.2) is 68.7 Å². The predicted octanol–water partition coefficient (Wildman–Crippen LogP) is 2.64. The van der Waals surface area contributed by atoms with Gasteiger partial charge in [-0.25, -0.2) is 0 Å². The first-order chi connectivity index (χ1) is 14.1. The Labute approximate surface area is 172 Å². The van der Waals surface area contributed by atoms with Crippen molar-refractivity contribution in [1.82, 2.24) is 9.80 Å². The van der Waals surface area contributed by atoms with Crippen LogP contribution >= 0.6 is 0 Å². The van der Waals surface area contributed by atoms with Crippen molar-refractivity contribution in [3.05, 3.63) is 23.8 Å². The largest absolute Gasteiger partial charge is 0.497 e. The Hall–Kier alpha value is -2.28. The Morgan fingerprint density at radius 2 is 1.90 bits per heavy atom. The monoisotopic (exact) mass is 404 g/mol. The van der Waals surface area contributed by atoms with Gasteiger partial charge in [0.05, 0.1) is 33.3 Å². The van der Waals surface area contributed by atoms with Gasteiger partial charge in [-0.2, -0.15) is 0 Å². The molecule has 1 amide bonds. The van der Waals surface area contributed by atoms with Crippen molar-refractivity contribution in [1.29, 1.82) is 0 Å². The van der Waals surface area contributed by atoms with E-state index < -0.39 is 0 Å². The van der Waals surface area contributed by atoms with Crippen LogP contribution in [0.25, 0.3) is 0 Å². The number of piperidine rings is 1. The number of esters is 1. The Morgan fingerprint density at radius 3 is 2.62 bits per heavy atom. The van der Waals surface area contributed by atoms with E-state index in [4.69, 9.17) is 14.2 Å². The van der Waals surface area contributed by atoms with Crippen molar-refractivity contribution in [3.63, 3.8) is 0 Å². The first-order valence-electron chi connectivity index (χ1n) is 10.5. The molecule has 7 heteroatoms. The molecule has 2 fully saturated rings. The summed E-state index contributed by atoms with van der Waals surface area (Å²) in [5.41, 5.74) is 1.08. The first-order valence-corrected chi connectivity index (χ1v) is 10.5. The molecule has 2 aliphatic rings. The normalized spacial score (nSPS) is 22.4. The number of ether oxygens (including phenoxy) is 3. The molecule has 0 aliphatic carbocycles. The summed E-state index contributed by atoms with van der Waals surface area (Å²) in [7, 11) is 3.29. The highest BCUT2D eigenvalue weighted by molar-refractivity contribution is 5.80. The van der Waals surface area contributed by atoms with Crippen LogP contribution in [0.5, 0.6) is 11.5 Å². The Morgan fingerprint density at radius 1 is 1.10 bits per heavy atom. The zero-order valence-corrected chi connectivity index (χ0v) is 17.7. The average Bonchev–Trinajstić information content (AvgIpc) is 3.21. The fraction of sp³-hybridized carbons (Fsp3) is 0.636. The van der Waals surface area contributed by atoms with E-state index in [1.807, 2.05) is 30.0 Å². The van der Waals surface area contributed by atoms with E-state index in [1.54, 1.807) is 14.2 Å². The summed E-state index contributed by atoms with van der Waals surface area (Å²) in [4.78, 5) is 29.1. The van der Waals surface area contributed by atoms with Gasteiger partial charge in [-0.15, -0.1) is 0 Å². The topological polar surface area (TPSA) is 68.3 Å². The number of likely N-dealkylation sites (tertiary alicyclic amines) is 2. The van der Waals surface area contributed by atoms with Gasteiger partial charge < -0.3 is 19.1 Å². The number of benzene rings is 1. The first kappa shape index (κ1) is 21.4. The van der Waals surface area contributed by atoms with Gasteiger partial charge in [0.25, 0.3) is 0 Å². The molecular formula is C22H32N2O5. The minimum Gasteiger partial charge on any atom is -0.497 e. The maximum atomic E-state index is 13.0. The molecule has 0 radical (unpaired) electrons. The van der Waals surface area contributed by atoms with Gasteiger partial charge in [-0.05, 0) is 45.2 Å². The number of rotatable bonds is 7. The number of hydrogen-bond donors (Lipinski definition) is 0. The van der Waals surface area contributed by atoms with Crippen LogP contribution in [0.1, 0.15) is 44.2 Å². The van der Waals surface area contributed by atoms with Crippen LogP contribution in [-0.2, 0) is 14.3 Å². The fourth-order valence-electron chi connectivity index (χ4n) is 4.39. The number of carbonyl (C=O) groups is 2. The number of carbonyl (C=O) groups excluding carboxylic acids is 2. The van der Waals surface area contributed by atoms with Gasteiger partial charge in [-0.3, -0.25) is 14.5 Å². The molecule has 2 saturated heterocycles. The molecule has 160 valence electrons. The maximum Gasteiger partial charge on any atom is 0.310 e. The fourth-order valence-corrected chi connectivity index (χ4v) is 4.39. The second-order valence-corrected chi connectivity index (χ2v) is 7.67. The molecule has 0 spiro atoms. The molecule has 2 heterocycles. The van der Waals surface area contributed by atoms with E-state index in [0.29, 0.717) is 26.2 Å². The summed E-state index contributed by atoms with van der Waals surface area (Å²) in [6, 6.07) is 6.00. The van der Waals surface area contributed by atoms with Crippen LogP contribution in [0.3, 0.4) is 0 Å². The second-order valence-electron chi connectivity index (χ2n) is 7.67. The van der Waals surface area contributed by atoms with Crippen LogP contribution in [0.2, 0.25) is 0 Å². The van der Waals surface area contributed by atoms with Crippen molar-refractivity contribution in [3.8, 4) is 11.5 Å². The molecule has 1 aromatic rings. The van der Waals surface area contributed by atoms with E-state index in [-0.39, 0.29) is 23.8 Å². The van der Waals surface area contributed by atoms with Crippen LogP contribution in [0.15, 0.2) is 18.2 Å². The summed E-state index contributed by atoms with van der Waals surface area (Å²) in [6.07, 6.45) is 3.66. The van der Waals surface area contributed by atoms with E-state index in [9.17, 15) is 9.59 Å². The number of amides is 1. The highest BCUT2D eigenvalue weighted by Gasteiger charge is 2.33. The van der Waals surface area contributed by atoms with Crippen molar-refractivity contribution < 1.29 is 23.8 Å². The van der Waals surface area contributed by atoms with Gasteiger partial charge in [0.15, 0.2) is 0 Å². The lowest BCUT2D eigenvalue weighted by atomic mass is 9.98. The lowest BCUT2D eigenvalue weighted by Crippen LogP contribution is -2.46. The molecule has 29 heavy (non-hydrogen) atoms. The maximum absolute atomic E-state index is 13.0. The number of methoxy groups -OCH3 is 2. The summed E-state index contributed by atoms with van der Waals surface area (Å²) in [6.45, 7) is 4.59. The molecule has 0 bridgehead atoms. The smallest absolute Gasteiger partial charge is 0.310 e. The van der Waals surface area contributed by atoms with Crippen LogP contribution in [0, 0.1) is 5.92 Å². The quantitative estimate of drug-likeness (QED) is 0.651. The number of hydrogen-bond acceptors (Lipinski definition) is 6. The number of nitrogens with zero attached hydrogens (tertiary/aromatic N) is 2. The third kappa shape index (κ3) is 5.01. The molecule has 2 atom stereocenters. The predicted molar refractivity (Wildman–Crippen MR) is 109 cm³/mol. The van der Waals surface area contributed by atoms with Gasteiger partial charge in [0.2, 0.25) is 5.91 Å². The SMILES string of the molecule is CCOC(=O)C1CCCN(C(=O)CN2CCCC2c2ccc(OC)cc2OC)C1. The average molecular weight is 405 g/mol. The second kappa shape index (κ2) is 9.96. The summed E-state index contributed by atoms with van der Waals surface area (Å²) >= 11 is 0. The third-order valence-electron chi connectivity index (χ3n) is 5.90. The van der Waals surface area contributed by atoms with E-state index >= 15 is 0 Å². The lowest BCUT2D eigenvalue weighted by Gasteiger charge is -2.34. The van der Waals surface area contributed by atoms with Crippen LogP contribution in [0.4, 0.5) is 0 Å². The minimum atomic E-state index is -0.205. The van der Waals surface area contributed by atoms with Crippen molar-refractivity contribution >= 4 is 11.9 Å². The molecule has 0 saturated carbocycles. The van der Waals surface area contributed by atoms with Gasteiger partial charge >= 0.3 is 5.97 Å². The molecular weight excluding hydrogens is 372 g/mol. The summed E-state index contributed by atoms with van der Waals surface area (Å²) in [5.74, 6) is 1.23. The Bertz CT molecular complexity index is 723. The third-order valence-corrected chi connectivity index (χ3v) is 5.90. The molecule has 0 aromatic heterocycles. The van der Waals surface area contributed by atoms with Crippen LogP contribution < -0.4 is 9.47 Å². The zero-order chi connectivity index (χ0) is 20.8. The molecule has 0 N–H and O–H groups in total. The molecule has 2 aliphatic heterocycles. The molecule has 2 unspecified atom stereocenters. The van der Waals surface area contributed by atoms with E-state index in [2.05, 4.69) is 4.90 Å². The molecule has 7 nitrogen and oxygen atoms in total. The summed E-state index contributed by atoms with van der Waals surface area (Å²) < 4.78 is 16.0. The lowest BCUT2D eigenvalue weighted by molar-refractivity contribution is -0.151. The van der Waals surface area contributed by atoms with Crippen molar-refractivity contribution in [2.24, 2.45) is 5.92 Å². The van der Waals surface area contributed by atoms with Gasteiger partial charge in [0, 0.05) is 30.8 Å². The van der Waals surface area contributed by atoms with E-state index in [0.717, 1.165) is 49.3 Å². The standard InChI is InChI=1S/C22H32N2O5/c1-4-29-22(26)16-7-5-12-24(14-16)21(25)15-23-11-6-8-19(23)18-10-9-17(27-2)13-20(18)28-3/h9-10,13,16,19H,4-8,11-12,14-15H2,1-3H3. The highest BCUT2D eigenvalue weighted by Crippen LogP contribution is 2.38. The zero-order valence-electron chi connectivity index (χ0n) is 17.7.